The van der Waals surface area contributed by atoms with E-state index in [1.165, 1.54) is 22.4 Å². The molecule has 0 aliphatic rings. The first kappa shape index (κ1) is 23.3. The summed E-state index contributed by atoms with van der Waals surface area (Å²) in [5.74, 6) is -0.708. The van der Waals surface area contributed by atoms with Crippen LogP contribution in [0.25, 0.3) is 11.3 Å². The molecule has 0 bridgehead atoms. The number of thioether (sulfide) groups is 1. The van der Waals surface area contributed by atoms with Crippen molar-refractivity contribution in [2.75, 3.05) is 5.32 Å². The Balaban J connectivity index is 1.72. The normalized spacial score (nSPS) is 11.2. The first-order chi connectivity index (χ1) is 15.2. The van der Waals surface area contributed by atoms with Crippen molar-refractivity contribution in [3.8, 4) is 11.3 Å². The number of benzene rings is 2. The average Bonchev–Trinajstić information content (AvgIpc) is 2.76. The van der Waals surface area contributed by atoms with Crippen LogP contribution in [0.1, 0.15) is 26.6 Å². The van der Waals surface area contributed by atoms with Crippen LogP contribution >= 0.6 is 11.8 Å². The van der Waals surface area contributed by atoms with Gasteiger partial charge in [0, 0.05) is 28.6 Å². The summed E-state index contributed by atoms with van der Waals surface area (Å²) in [6.45, 7) is 5.01. The van der Waals surface area contributed by atoms with Crippen molar-refractivity contribution in [1.82, 2.24) is 9.55 Å². The van der Waals surface area contributed by atoms with Gasteiger partial charge in [-0.25, -0.2) is 4.98 Å². The SMILES string of the molecule is CCc1nc(-c2ccccc2)cc(=O)n1CC(=O)Nc1ccc(SC(C)(C)C(=O)O)cc1. The van der Waals surface area contributed by atoms with Gasteiger partial charge in [-0.2, -0.15) is 0 Å². The molecule has 2 aromatic carbocycles. The monoisotopic (exact) mass is 451 g/mol. The summed E-state index contributed by atoms with van der Waals surface area (Å²) in [4.78, 5) is 41.9. The highest BCUT2D eigenvalue weighted by Gasteiger charge is 2.28. The molecular formula is C24H25N3O4S. The topological polar surface area (TPSA) is 101 Å². The standard InChI is InChI=1S/C24H25N3O4S/c1-4-20-26-19(16-8-6-5-7-9-16)14-22(29)27(20)15-21(28)25-17-10-12-18(13-11-17)32-24(2,3)23(30)31/h5-14H,4,15H2,1-3H3,(H,25,28)(H,30,31). The van der Waals surface area contributed by atoms with Crippen molar-refractivity contribution in [2.45, 2.75) is 43.4 Å². The van der Waals surface area contributed by atoms with Gasteiger partial charge in [-0.05, 0) is 38.1 Å². The van der Waals surface area contributed by atoms with E-state index in [9.17, 15) is 19.5 Å². The molecule has 0 saturated carbocycles. The first-order valence-electron chi connectivity index (χ1n) is 10.2. The van der Waals surface area contributed by atoms with Crippen molar-refractivity contribution >= 4 is 29.3 Å². The number of rotatable bonds is 8. The minimum absolute atomic E-state index is 0.146. The number of aryl methyl sites for hydroxylation is 1. The molecule has 2 N–H and O–H groups in total. The third-order valence-corrected chi connectivity index (χ3v) is 5.99. The number of nitrogens with one attached hydrogen (secondary N) is 1. The lowest BCUT2D eigenvalue weighted by molar-refractivity contribution is -0.138. The predicted molar refractivity (Wildman–Crippen MR) is 126 cm³/mol. The van der Waals surface area contributed by atoms with Gasteiger partial charge in [0.1, 0.15) is 17.1 Å². The molecule has 7 nitrogen and oxygen atoms in total. The molecule has 0 spiro atoms. The molecule has 3 rings (SSSR count). The molecule has 0 unspecified atom stereocenters. The zero-order valence-corrected chi connectivity index (χ0v) is 19.0. The van der Waals surface area contributed by atoms with E-state index in [4.69, 9.17) is 0 Å². The van der Waals surface area contributed by atoms with E-state index in [1.54, 1.807) is 38.1 Å². The van der Waals surface area contributed by atoms with Crippen molar-refractivity contribution in [2.24, 2.45) is 0 Å². The van der Waals surface area contributed by atoms with E-state index >= 15 is 0 Å². The van der Waals surface area contributed by atoms with Crippen LogP contribution in [0.5, 0.6) is 0 Å². The summed E-state index contributed by atoms with van der Waals surface area (Å²) in [7, 11) is 0. The molecule has 1 heterocycles. The highest BCUT2D eigenvalue weighted by Crippen LogP contribution is 2.33. The first-order valence-corrected chi connectivity index (χ1v) is 11.0. The van der Waals surface area contributed by atoms with Crippen molar-refractivity contribution in [3.63, 3.8) is 0 Å². The number of anilines is 1. The summed E-state index contributed by atoms with van der Waals surface area (Å²) in [6.07, 6.45) is 0.508. The molecule has 0 saturated heterocycles. The Kier molecular flexibility index (Phi) is 7.15. The molecule has 8 heteroatoms. The van der Waals surface area contributed by atoms with Crippen LogP contribution in [0.3, 0.4) is 0 Å². The predicted octanol–water partition coefficient (Wildman–Crippen LogP) is 4.07. The Morgan fingerprint density at radius 1 is 1.09 bits per heavy atom. The van der Waals surface area contributed by atoms with E-state index in [0.717, 1.165) is 10.5 Å². The Hall–Kier alpha value is -3.39. The molecule has 1 amide bonds. The van der Waals surface area contributed by atoms with Gasteiger partial charge in [0.25, 0.3) is 5.56 Å². The molecule has 166 valence electrons. The van der Waals surface area contributed by atoms with Crippen molar-refractivity contribution in [1.29, 1.82) is 0 Å². The maximum absolute atomic E-state index is 12.7. The molecular weight excluding hydrogens is 426 g/mol. The number of carbonyl (C=O) groups excluding carboxylic acids is 1. The molecule has 0 aliphatic heterocycles. The van der Waals surface area contributed by atoms with E-state index < -0.39 is 10.7 Å². The fourth-order valence-corrected chi connectivity index (χ4v) is 3.99. The molecule has 0 radical (unpaired) electrons. The van der Waals surface area contributed by atoms with Gasteiger partial charge in [-0.1, -0.05) is 37.3 Å². The van der Waals surface area contributed by atoms with Crippen LogP contribution in [0.4, 0.5) is 5.69 Å². The Bertz CT molecular complexity index is 1170. The molecule has 1 aromatic heterocycles. The van der Waals surface area contributed by atoms with E-state index in [2.05, 4.69) is 10.3 Å². The third kappa shape index (κ3) is 5.64. The molecule has 32 heavy (non-hydrogen) atoms. The second kappa shape index (κ2) is 9.82. The lowest BCUT2D eigenvalue weighted by atomic mass is 10.1. The summed E-state index contributed by atoms with van der Waals surface area (Å²) in [5, 5.41) is 12.0. The van der Waals surface area contributed by atoms with Crippen LogP contribution in [0.2, 0.25) is 0 Å². The second-order valence-electron chi connectivity index (χ2n) is 7.69. The third-order valence-electron chi connectivity index (χ3n) is 4.80. The van der Waals surface area contributed by atoms with E-state index in [0.29, 0.717) is 23.6 Å². The number of carbonyl (C=O) groups is 2. The summed E-state index contributed by atoms with van der Waals surface area (Å²) in [6, 6.07) is 17.8. The van der Waals surface area contributed by atoms with Crippen LogP contribution < -0.4 is 10.9 Å². The number of nitrogens with zero attached hydrogens (tertiary/aromatic N) is 2. The number of aliphatic carboxylic acids is 1. The minimum Gasteiger partial charge on any atom is -0.480 e. The van der Waals surface area contributed by atoms with Crippen LogP contribution in [0, 0.1) is 0 Å². The number of hydrogen-bond donors (Lipinski definition) is 2. The summed E-state index contributed by atoms with van der Waals surface area (Å²) >= 11 is 1.22. The van der Waals surface area contributed by atoms with Gasteiger partial charge in [-0.15, -0.1) is 11.8 Å². The molecule has 0 atom stereocenters. The van der Waals surface area contributed by atoms with E-state index in [-0.39, 0.29) is 18.0 Å². The largest absolute Gasteiger partial charge is 0.480 e. The van der Waals surface area contributed by atoms with Gasteiger partial charge in [0.15, 0.2) is 0 Å². The van der Waals surface area contributed by atoms with Gasteiger partial charge in [0.05, 0.1) is 5.69 Å². The molecule has 0 aliphatic carbocycles. The summed E-state index contributed by atoms with van der Waals surface area (Å²) < 4.78 is 0.419. The average molecular weight is 452 g/mol. The minimum atomic E-state index is -0.957. The maximum atomic E-state index is 12.7. The number of hydrogen-bond acceptors (Lipinski definition) is 5. The van der Waals surface area contributed by atoms with Crippen LogP contribution in [0.15, 0.2) is 70.4 Å². The smallest absolute Gasteiger partial charge is 0.319 e. The Morgan fingerprint density at radius 3 is 2.34 bits per heavy atom. The van der Waals surface area contributed by atoms with Gasteiger partial charge in [0.2, 0.25) is 5.91 Å². The number of amides is 1. The Morgan fingerprint density at radius 2 is 1.75 bits per heavy atom. The maximum Gasteiger partial charge on any atom is 0.319 e. The molecule has 3 aromatic rings. The number of carboxylic acid groups (broad SMARTS) is 1. The van der Waals surface area contributed by atoms with Gasteiger partial charge < -0.3 is 10.4 Å². The second-order valence-corrected chi connectivity index (χ2v) is 9.39. The van der Waals surface area contributed by atoms with Crippen LogP contribution in [-0.4, -0.2) is 31.3 Å². The van der Waals surface area contributed by atoms with Gasteiger partial charge >= 0.3 is 5.97 Å². The lowest BCUT2D eigenvalue weighted by Gasteiger charge is -2.18. The van der Waals surface area contributed by atoms with Crippen LogP contribution in [-0.2, 0) is 22.6 Å². The molecule has 0 fully saturated rings. The van der Waals surface area contributed by atoms with E-state index in [1.807, 2.05) is 37.3 Å². The highest BCUT2D eigenvalue weighted by molar-refractivity contribution is 8.01. The zero-order valence-electron chi connectivity index (χ0n) is 18.2. The van der Waals surface area contributed by atoms with Gasteiger partial charge in [-0.3, -0.25) is 19.0 Å². The number of aromatic nitrogens is 2. The number of carboxylic acids is 1. The highest BCUT2D eigenvalue weighted by atomic mass is 32.2. The van der Waals surface area contributed by atoms with Crippen molar-refractivity contribution in [3.05, 3.63) is 76.8 Å². The fourth-order valence-electron chi connectivity index (χ4n) is 3.04. The zero-order chi connectivity index (χ0) is 23.3. The Labute approximate surface area is 190 Å². The summed E-state index contributed by atoms with van der Waals surface area (Å²) in [5.41, 5.74) is 1.71. The quantitative estimate of drug-likeness (QED) is 0.501. The lowest BCUT2D eigenvalue weighted by Crippen LogP contribution is -2.30. The van der Waals surface area contributed by atoms with Crippen molar-refractivity contribution < 1.29 is 14.7 Å². The fraction of sp³-hybridized carbons (Fsp3) is 0.250.